The Morgan fingerprint density at radius 2 is 1.79 bits per heavy atom. The molecular weight excluding hydrogens is 576 g/mol. The molecule has 0 aromatic heterocycles. The molecule has 0 atom stereocenters. The summed E-state index contributed by atoms with van der Waals surface area (Å²) in [5.41, 5.74) is 3.08. The second-order valence-electron chi connectivity index (χ2n) is 8.71. The molecule has 4 aromatic carbocycles. The summed E-state index contributed by atoms with van der Waals surface area (Å²) in [5, 5.41) is 2.95. The molecule has 39 heavy (non-hydrogen) atoms. The summed E-state index contributed by atoms with van der Waals surface area (Å²) in [6, 6.07) is 27.0. The molecule has 196 valence electrons. The Labute approximate surface area is 239 Å². The van der Waals surface area contributed by atoms with Crippen LogP contribution >= 0.6 is 27.7 Å². The third-order valence-electron chi connectivity index (χ3n) is 6.23. The number of aliphatic imine (C=N–C) groups is 1. The van der Waals surface area contributed by atoms with Gasteiger partial charge in [0, 0.05) is 6.54 Å². The number of halogens is 1. The standard InChI is InChI=1S/C31H25BrN2O4S/c1-3-34-29(35)28(39-31(34)33-24-14-12-22(13-15-24)30(36)37-2)18-20-11-16-27(26(32)17-20)38-19-23-9-6-8-21-7-4-5-10-25(21)23/h4-18H,3,19H2,1-2H3/b28-18+,33-31?. The molecule has 0 N–H and O–H groups in total. The topological polar surface area (TPSA) is 68.2 Å². The predicted molar refractivity (Wildman–Crippen MR) is 160 cm³/mol. The van der Waals surface area contributed by atoms with E-state index in [0.717, 1.165) is 21.3 Å². The van der Waals surface area contributed by atoms with E-state index < -0.39 is 5.97 Å². The lowest BCUT2D eigenvalue weighted by atomic mass is 10.1. The highest BCUT2D eigenvalue weighted by Gasteiger charge is 2.32. The third-order valence-corrected chi connectivity index (χ3v) is 7.86. The smallest absolute Gasteiger partial charge is 0.337 e. The first kappa shape index (κ1) is 26.7. The van der Waals surface area contributed by atoms with Crippen molar-refractivity contribution in [2.24, 2.45) is 4.99 Å². The molecule has 4 aromatic rings. The molecule has 1 heterocycles. The molecule has 0 spiro atoms. The summed E-state index contributed by atoms with van der Waals surface area (Å²) in [4.78, 5) is 31.7. The van der Waals surface area contributed by atoms with E-state index in [0.29, 0.717) is 34.5 Å². The first-order valence-corrected chi connectivity index (χ1v) is 13.9. The van der Waals surface area contributed by atoms with E-state index in [1.807, 2.05) is 49.4 Å². The largest absolute Gasteiger partial charge is 0.488 e. The zero-order valence-corrected chi connectivity index (χ0v) is 23.8. The van der Waals surface area contributed by atoms with Gasteiger partial charge in [0.1, 0.15) is 12.4 Å². The van der Waals surface area contributed by atoms with Crippen molar-refractivity contribution < 1.29 is 19.1 Å². The van der Waals surface area contributed by atoms with Gasteiger partial charge in [-0.05, 0) is 99.0 Å². The Morgan fingerprint density at radius 3 is 2.54 bits per heavy atom. The first-order valence-electron chi connectivity index (χ1n) is 12.3. The van der Waals surface area contributed by atoms with Crippen LogP contribution in [0.4, 0.5) is 5.69 Å². The molecule has 0 aliphatic carbocycles. The monoisotopic (exact) mass is 600 g/mol. The van der Waals surface area contributed by atoms with E-state index >= 15 is 0 Å². The summed E-state index contributed by atoms with van der Waals surface area (Å²) < 4.78 is 11.7. The van der Waals surface area contributed by atoms with Crippen molar-refractivity contribution in [3.63, 3.8) is 0 Å². The summed E-state index contributed by atoms with van der Waals surface area (Å²) >= 11 is 4.95. The maximum atomic E-state index is 13.1. The van der Waals surface area contributed by atoms with E-state index in [-0.39, 0.29) is 5.91 Å². The molecular formula is C31H25BrN2O4S. The van der Waals surface area contributed by atoms with Gasteiger partial charge in [-0.3, -0.25) is 9.69 Å². The fourth-order valence-electron chi connectivity index (χ4n) is 4.22. The van der Waals surface area contributed by atoms with Crippen LogP contribution in [0.15, 0.2) is 99.3 Å². The molecule has 8 heteroatoms. The lowest BCUT2D eigenvalue weighted by Crippen LogP contribution is -2.28. The van der Waals surface area contributed by atoms with Crippen LogP contribution < -0.4 is 4.74 Å². The van der Waals surface area contributed by atoms with E-state index in [4.69, 9.17) is 9.47 Å². The van der Waals surface area contributed by atoms with Gasteiger partial charge in [-0.1, -0.05) is 48.5 Å². The van der Waals surface area contributed by atoms with Crippen molar-refractivity contribution in [2.75, 3.05) is 13.7 Å². The molecule has 1 fully saturated rings. The quantitative estimate of drug-likeness (QED) is 0.161. The fraction of sp³-hybridized carbons (Fsp3) is 0.129. The maximum Gasteiger partial charge on any atom is 0.337 e. The zero-order valence-electron chi connectivity index (χ0n) is 21.4. The number of amides is 1. The van der Waals surface area contributed by atoms with E-state index in [9.17, 15) is 9.59 Å². The molecule has 0 radical (unpaired) electrons. The van der Waals surface area contributed by atoms with Crippen LogP contribution in [-0.4, -0.2) is 35.6 Å². The van der Waals surface area contributed by atoms with Gasteiger partial charge in [0.25, 0.3) is 5.91 Å². The number of amidine groups is 1. The fourth-order valence-corrected chi connectivity index (χ4v) is 5.79. The van der Waals surface area contributed by atoms with Crippen LogP contribution in [0, 0.1) is 0 Å². The third kappa shape index (κ3) is 5.92. The van der Waals surface area contributed by atoms with Crippen molar-refractivity contribution >= 4 is 67.3 Å². The second-order valence-corrected chi connectivity index (χ2v) is 10.6. The second kappa shape index (κ2) is 11.9. The Bertz CT molecular complexity index is 1610. The van der Waals surface area contributed by atoms with Crippen molar-refractivity contribution in [3.8, 4) is 5.75 Å². The Hall–Kier alpha value is -3.88. The first-order chi connectivity index (χ1) is 19.0. The molecule has 0 unspecified atom stereocenters. The Morgan fingerprint density at radius 1 is 1.03 bits per heavy atom. The minimum absolute atomic E-state index is 0.0974. The number of carbonyl (C=O) groups is 2. The summed E-state index contributed by atoms with van der Waals surface area (Å²) in [6.07, 6.45) is 1.86. The van der Waals surface area contributed by atoms with E-state index in [1.165, 1.54) is 29.6 Å². The van der Waals surface area contributed by atoms with Crippen LogP contribution in [0.1, 0.15) is 28.4 Å². The number of carbonyl (C=O) groups excluding carboxylic acids is 2. The van der Waals surface area contributed by atoms with Crippen LogP contribution in [0.3, 0.4) is 0 Å². The molecule has 1 aliphatic rings. The minimum atomic E-state index is -0.406. The normalized spacial score (nSPS) is 15.4. The number of likely N-dealkylation sites (N-methyl/N-ethyl adjacent to an activating group) is 1. The van der Waals surface area contributed by atoms with E-state index in [2.05, 4.69) is 45.2 Å². The highest BCUT2D eigenvalue weighted by Crippen LogP contribution is 2.35. The Balaban J connectivity index is 1.32. The van der Waals surface area contributed by atoms with E-state index in [1.54, 1.807) is 29.2 Å². The van der Waals surface area contributed by atoms with Crippen LogP contribution in [-0.2, 0) is 16.1 Å². The molecule has 1 saturated heterocycles. The molecule has 6 nitrogen and oxygen atoms in total. The number of hydrogen-bond acceptors (Lipinski definition) is 6. The minimum Gasteiger partial charge on any atom is -0.488 e. The van der Waals surface area contributed by atoms with Gasteiger partial charge in [-0.15, -0.1) is 0 Å². The molecule has 0 saturated carbocycles. The van der Waals surface area contributed by atoms with Gasteiger partial charge < -0.3 is 9.47 Å². The van der Waals surface area contributed by atoms with Crippen LogP contribution in [0.2, 0.25) is 0 Å². The molecule has 1 amide bonds. The highest BCUT2D eigenvalue weighted by atomic mass is 79.9. The number of ether oxygens (including phenoxy) is 2. The average molecular weight is 602 g/mol. The maximum absolute atomic E-state index is 13.1. The molecule has 5 rings (SSSR count). The number of benzene rings is 4. The highest BCUT2D eigenvalue weighted by molar-refractivity contribution is 9.10. The number of fused-ring (bicyclic) bond motifs is 1. The summed E-state index contributed by atoms with van der Waals surface area (Å²) in [5.74, 6) is 0.222. The number of rotatable bonds is 7. The van der Waals surface area contributed by atoms with Gasteiger partial charge in [0.05, 0.1) is 27.7 Å². The van der Waals surface area contributed by atoms with Crippen LogP contribution in [0.25, 0.3) is 16.8 Å². The number of methoxy groups -OCH3 is 1. The Kier molecular flexibility index (Phi) is 8.14. The van der Waals surface area contributed by atoms with Crippen LogP contribution in [0.5, 0.6) is 5.75 Å². The number of thioether (sulfide) groups is 1. The lowest BCUT2D eigenvalue weighted by Gasteiger charge is -2.12. The van der Waals surface area contributed by atoms with Gasteiger partial charge in [-0.25, -0.2) is 9.79 Å². The number of nitrogens with zero attached hydrogens (tertiary/aromatic N) is 2. The number of esters is 1. The summed E-state index contributed by atoms with van der Waals surface area (Å²) in [6.45, 7) is 2.85. The summed E-state index contributed by atoms with van der Waals surface area (Å²) in [7, 11) is 1.34. The number of hydrogen-bond donors (Lipinski definition) is 0. The lowest BCUT2D eigenvalue weighted by molar-refractivity contribution is -0.122. The predicted octanol–water partition coefficient (Wildman–Crippen LogP) is 7.59. The zero-order chi connectivity index (χ0) is 27.4. The SMILES string of the molecule is CCN1C(=O)/C(=C\c2ccc(OCc3cccc4ccccc34)c(Br)c2)SC1=Nc1ccc(C(=O)OC)cc1. The van der Waals surface area contributed by atoms with Crippen molar-refractivity contribution in [1.29, 1.82) is 0 Å². The molecule has 0 bridgehead atoms. The van der Waals surface area contributed by atoms with Crippen molar-refractivity contribution in [2.45, 2.75) is 13.5 Å². The van der Waals surface area contributed by atoms with Gasteiger partial charge in [0.15, 0.2) is 5.17 Å². The average Bonchev–Trinajstić information content (AvgIpc) is 3.25. The van der Waals surface area contributed by atoms with Crippen molar-refractivity contribution in [1.82, 2.24) is 4.90 Å². The van der Waals surface area contributed by atoms with Crippen molar-refractivity contribution in [3.05, 3.63) is 111 Å². The molecule has 1 aliphatic heterocycles. The van der Waals surface area contributed by atoms with Gasteiger partial charge in [0.2, 0.25) is 0 Å². The van der Waals surface area contributed by atoms with Gasteiger partial charge >= 0.3 is 5.97 Å². The van der Waals surface area contributed by atoms with Gasteiger partial charge in [-0.2, -0.15) is 0 Å².